The van der Waals surface area contributed by atoms with Crippen LogP contribution < -0.4 is 25.6 Å². The van der Waals surface area contributed by atoms with E-state index < -0.39 is 6.03 Å². The molecule has 1 aliphatic carbocycles. The Morgan fingerprint density at radius 2 is 1.67 bits per heavy atom. The number of anilines is 1. The van der Waals surface area contributed by atoms with Gasteiger partial charge in [-0.3, -0.25) is 10.2 Å². The van der Waals surface area contributed by atoms with E-state index in [1.165, 1.54) is 7.11 Å². The molecule has 0 unspecified atom stereocenters. The van der Waals surface area contributed by atoms with Crippen molar-refractivity contribution in [1.29, 1.82) is 0 Å². The summed E-state index contributed by atoms with van der Waals surface area (Å²) >= 11 is 0. The molecule has 1 fully saturated rings. The molecule has 0 radical (unpaired) electrons. The Morgan fingerprint density at radius 3 is 2.22 bits per heavy atom. The summed E-state index contributed by atoms with van der Waals surface area (Å²) in [6.45, 7) is 6.74. The van der Waals surface area contributed by atoms with Crippen LogP contribution in [0.15, 0.2) is 18.2 Å². The van der Waals surface area contributed by atoms with Crippen molar-refractivity contribution in [1.82, 2.24) is 10.9 Å². The molecule has 1 saturated carbocycles. The maximum Gasteiger partial charge on any atom is 0.338 e. The summed E-state index contributed by atoms with van der Waals surface area (Å²) in [6.07, 6.45) is 3.78. The van der Waals surface area contributed by atoms with Gasteiger partial charge in [-0.1, -0.05) is 20.8 Å². The van der Waals surface area contributed by atoms with E-state index >= 15 is 0 Å². The third-order valence-electron chi connectivity index (χ3n) is 5.28. The molecule has 1 aromatic rings. The monoisotopic (exact) mass is 377 g/mol. The Balaban J connectivity index is 1.81. The summed E-state index contributed by atoms with van der Waals surface area (Å²) in [5.41, 5.74) is 5.69. The third-order valence-corrected chi connectivity index (χ3v) is 5.28. The molecule has 7 heteroatoms. The van der Waals surface area contributed by atoms with Gasteiger partial charge in [0.05, 0.1) is 19.9 Å². The molecule has 0 saturated heterocycles. The smallest absolute Gasteiger partial charge is 0.338 e. The fraction of sp³-hybridized carbons (Fsp3) is 0.600. The van der Waals surface area contributed by atoms with Crippen molar-refractivity contribution >= 4 is 17.6 Å². The predicted octanol–water partition coefficient (Wildman–Crippen LogP) is 3.71. The van der Waals surface area contributed by atoms with Crippen molar-refractivity contribution < 1.29 is 19.1 Å². The third kappa shape index (κ3) is 5.77. The topological polar surface area (TPSA) is 88.7 Å². The average molecular weight is 377 g/mol. The highest BCUT2D eigenvalue weighted by molar-refractivity contribution is 5.92. The van der Waals surface area contributed by atoms with Crippen LogP contribution in [0.2, 0.25) is 0 Å². The van der Waals surface area contributed by atoms with Crippen LogP contribution in [0.4, 0.5) is 10.5 Å². The van der Waals surface area contributed by atoms with E-state index in [2.05, 4.69) is 36.9 Å². The van der Waals surface area contributed by atoms with Crippen molar-refractivity contribution in [3.63, 3.8) is 0 Å². The Bertz CT molecular complexity index is 662. The van der Waals surface area contributed by atoms with Gasteiger partial charge in [-0.15, -0.1) is 0 Å². The molecule has 0 heterocycles. The normalized spacial score (nSPS) is 19.7. The highest BCUT2D eigenvalue weighted by Gasteiger charge is 2.32. The van der Waals surface area contributed by atoms with E-state index in [1.54, 1.807) is 25.3 Å². The Hall–Kier alpha value is -2.44. The lowest BCUT2D eigenvalue weighted by Gasteiger charge is -2.36. The number of methoxy groups -OCH3 is 2. The number of carbonyl (C=O) groups is 2. The fourth-order valence-corrected chi connectivity index (χ4v) is 3.50. The highest BCUT2D eigenvalue weighted by Crippen LogP contribution is 2.39. The largest absolute Gasteiger partial charge is 0.497 e. The highest BCUT2D eigenvalue weighted by atomic mass is 16.5. The minimum absolute atomic E-state index is 0.0561. The first-order valence-electron chi connectivity index (χ1n) is 9.33. The van der Waals surface area contributed by atoms with Gasteiger partial charge in [-0.25, -0.2) is 10.2 Å². The lowest BCUT2D eigenvalue weighted by atomic mass is 9.70. The van der Waals surface area contributed by atoms with Crippen molar-refractivity contribution in [3.8, 4) is 11.5 Å². The summed E-state index contributed by atoms with van der Waals surface area (Å²) in [5, 5.41) is 2.65. The molecule has 0 aromatic heterocycles. The van der Waals surface area contributed by atoms with Crippen LogP contribution in [-0.2, 0) is 4.79 Å². The number of nitrogens with one attached hydrogen (secondary N) is 3. The lowest BCUT2D eigenvalue weighted by molar-refractivity contribution is -0.127. The van der Waals surface area contributed by atoms with Gasteiger partial charge in [0.25, 0.3) is 0 Å². The summed E-state index contributed by atoms with van der Waals surface area (Å²) in [5.74, 6) is 1.53. The molecule has 3 N–H and O–H groups in total. The fourth-order valence-electron chi connectivity index (χ4n) is 3.50. The minimum Gasteiger partial charge on any atom is -0.497 e. The summed E-state index contributed by atoms with van der Waals surface area (Å²) in [6, 6.07) is 4.52. The van der Waals surface area contributed by atoms with Crippen LogP contribution in [0.1, 0.15) is 46.5 Å². The first-order chi connectivity index (χ1) is 12.7. The number of amides is 3. The zero-order valence-corrected chi connectivity index (χ0v) is 16.8. The van der Waals surface area contributed by atoms with Crippen molar-refractivity contribution in [2.45, 2.75) is 46.5 Å². The number of rotatable bonds is 4. The number of carbonyl (C=O) groups excluding carboxylic acids is 2. The second kappa shape index (κ2) is 8.97. The number of hydrazine groups is 1. The van der Waals surface area contributed by atoms with E-state index in [4.69, 9.17) is 9.47 Å². The van der Waals surface area contributed by atoms with E-state index in [0.29, 0.717) is 23.1 Å². The second-order valence-corrected chi connectivity index (χ2v) is 8.05. The van der Waals surface area contributed by atoms with Crippen molar-refractivity contribution in [2.24, 2.45) is 17.3 Å². The first kappa shape index (κ1) is 20.9. The molecule has 2 rings (SSSR count). The van der Waals surface area contributed by atoms with Gasteiger partial charge in [0.1, 0.15) is 11.5 Å². The van der Waals surface area contributed by atoms with Gasteiger partial charge in [-0.05, 0) is 49.1 Å². The van der Waals surface area contributed by atoms with Crippen LogP contribution in [-0.4, -0.2) is 26.2 Å². The molecule has 0 aliphatic heterocycles. The van der Waals surface area contributed by atoms with Crippen LogP contribution in [0.3, 0.4) is 0 Å². The maximum absolute atomic E-state index is 12.3. The summed E-state index contributed by atoms with van der Waals surface area (Å²) in [4.78, 5) is 24.4. The van der Waals surface area contributed by atoms with Gasteiger partial charge in [-0.2, -0.15) is 0 Å². The molecule has 7 nitrogen and oxygen atoms in total. The zero-order valence-electron chi connectivity index (χ0n) is 16.8. The molecular formula is C20H31N3O4. The van der Waals surface area contributed by atoms with E-state index in [1.807, 2.05) is 0 Å². The lowest BCUT2D eigenvalue weighted by Crippen LogP contribution is -2.47. The summed E-state index contributed by atoms with van der Waals surface area (Å²) < 4.78 is 10.4. The predicted molar refractivity (Wildman–Crippen MR) is 105 cm³/mol. The van der Waals surface area contributed by atoms with Crippen LogP contribution in [0.5, 0.6) is 11.5 Å². The van der Waals surface area contributed by atoms with Crippen molar-refractivity contribution in [2.75, 3.05) is 19.5 Å². The molecule has 1 aliphatic rings. The number of benzene rings is 1. The van der Waals surface area contributed by atoms with Crippen LogP contribution in [0, 0.1) is 17.3 Å². The quantitative estimate of drug-likeness (QED) is 0.698. The number of hydrogen-bond acceptors (Lipinski definition) is 4. The molecule has 0 spiro atoms. The van der Waals surface area contributed by atoms with Gasteiger partial charge in [0, 0.05) is 12.0 Å². The molecule has 0 atom stereocenters. The van der Waals surface area contributed by atoms with Crippen LogP contribution >= 0.6 is 0 Å². The number of hydrogen-bond donors (Lipinski definition) is 3. The summed E-state index contributed by atoms with van der Waals surface area (Å²) in [7, 11) is 3.06. The van der Waals surface area contributed by atoms with Gasteiger partial charge < -0.3 is 14.8 Å². The SMILES string of the molecule is COc1ccc(NC(=O)NNC(=O)C2CCC(C(C)(C)C)CC2)c(OC)c1. The van der Waals surface area contributed by atoms with Gasteiger partial charge in [0.2, 0.25) is 5.91 Å². The van der Waals surface area contributed by atoms with E-state index in [9.17, 15) is 9.59 Å². The van der Waals surface area contributed by atoms with E-state index in [-0.39, 0.29) is 17.2 Å². The van der Waals surface area contributed by atoms with Gasteiger partial charge in [0.15, 0.2) is 0 Å². The van der Waals surface area contributed by atoms with E-state index in [0.717, 1.165) is 25.7 Å². The van der Waals surface area contributed by atoms with Crippen molar-refractivity contribution in [3.05, 3.63) is 18.2 Å². The minimum atomic E-state index is -0.532. The molecule has 3 amide bonds. The Morgan fingerprint density at radius 1 is 1.00 bits per heavy atom. The Kier molecular flexibility index (Phi) is 6.93. The first-order valence-corrected chi connectivity index (χ1v) is 9.33. The Labute approximate surface area is 161 Å². The standard InChI is InChI=1S/C20H31N3O4/c1-20(2,3)14-8-6-13(7-9-14)18(24)22-23-19(25)21-16-11-10-15(26-4)12-17(16)27-5/h10-14H,6-9H2,1-5H3,(H,22,24)(H2,21,23,25). The molecule has 27 heavy (non-hydrogen) atoms. The molecule has 0 bridgehead atoms. The zero-order chi connectivity index (χ0) is 20.0. The van der Waals surface area contributed by atoms with Gasteiger partial charge >= 0.3 is 6.03 Å². The van der Waals surface area contributed by atoms with Crippen LogP contribution in [0.25, 0.3) is 0 Å². The second-order valence-electron chi connectivity index (χ2n) is 8.05. The molecule has 150 valence electrons. The maximum atomic E-state index is 12.3. The molecule has 1 aromatic carbocycles. The average Bonchev–Trinajstić information content (AvgIpc) is 2.65. The number of urea groups is 1. The molecular weight excluding hydrogens is 346 g/mol. The number of ether oxygens (including phenoxy) is 2.